The van der Waals surface area contributed by atoms with Gasteiger partial charge in [0.15, 0.2) is 5.89 Å². The highest BCUT2D eigenvalue weighted by atomic mass is 16.4. The average Bonchev–Trinajstić information content (AvgIpc) is 2.85. The molecule has 3 N–H and O–H groups in total. The lowest BCUT2D eigenvalue weighted by Crippen LogP contribution is -2.45. The molecule has 0 aliphatic carbocycles. The van der Waals surface area contributed by atoms with E-state index in [1.165, 1.54) is 0 Å². The Morgan fingerprint density at radius 3 is 2.50 bits per heavy atom. The summed E-state index contributed by atoms with van der Waals surface area (Å²) in [6, 6.07) is -0.945. The van der Waals surface area contributed by atoms with Gasteiger partial charge in [0, 0.05) is 6.92 Å². The van der Waals surface area contributed by atoms with E-state index in [9.17, 15) is 14.4 Å². The summed E-state index contributed by atoms with van der Waals surface area (Å²) in [5.41, 5.74) is 5.54. The second-order valence-corrected chi connectivity index (χ2v) is 5.13. The van der Waals surface area contributed by atoms with Crippen LogP contribution in [0.3, 0.4) is 0 Å². The first-order valence-electron chi connectivity index (χ1n) is 7.51. The predicted molar refractivity (Wildman–Crippen MR) is 80.2 cm³/mol. The number of nitrogens with zero attached hydrogens (tertiary/aromatic N) is 1. The lowest BCUT2D eigenvalue weighted by atomic mass is 10.1. The number of ketones is 1. The zero-order valence-corrected chi connectivity index (χ0v) is 13.3. The van der Waals surface area contributed by atoms with E-state index in [0.717, 1.165) is 19.3 Å². The van der Waals surface area contributed by atoms with Crippen LogP contribution in [0, 0.1) is 6.92 Å². The Hall–Kier alpha value is -2.18. The molecular weight excluding hydrogens is 286 g/mol. The number of nitrogens with two attached hydrogens (primary N) is 1. The third kappa shape index (κ3) is 4.68. The van der Waals surface area contributed by atoms with Gasteiger partial charge in [-0.1, -0.05) is 26.7 Å². The van der Waals surface area contributed by atoms with Crippen LogP contribution in [-0.2, 0) is 16.0 Å². The fourth-order valence-corrected chi connectivity index (χ4v) is 2.11. The summed E-state index contributed by atoms with van der Waals surface area (Å²) in [5, 5.41) is 2.49. The Labute approximate surface area is 129 Å². The van der Waals surface area contributed by atoms with Crippen molar-refractivity contribution in [1.82, 2.24) is 10.3 Å². The number of oxazole rings is 1. The van der Waals surface area contributed by atoms with Crippen molar-refractivity contribution >= 4 is 17.6 Å². The summed E-state index contributed by atoms with van der Waals surface area (Å²) >= 11 is 0. The molecule has 1 aromatic heterocycles. The molecule has 0 fully saturated rings. The van der Waals surface area contributed by atoms with Crippen molar-refractivity contribution in [1.29, 1.82) is 0 Å². The molecule has 7 nitrogen and oxygen atoms in total. The quantitative estimate of drug-likeness (QED) is 0.526. The van der Waals surface area contributed by atoms with Crippen molar-refractivity contribution < 1.29 is 18.8 Å². The van der Waals surface area contributed by atoms with Crippen LogP contribution in [0.4, 0.5) is 0 Å². The van der Waals surface area contributed by atoms with Crippen molar-refractivity contribution in [3.05, 3.63) is 17.3 Å². The van der Waals surface area contributed by atoms with E-state index in [1.807, 2.05) is 0 Å². The third-order valence-electron chi connectivity index (χ3n) is 3.30. The van der Waals surface area contributed by atoms with Gasteiger partial charge in [0.05, 0.1) is 11.7 Å². The van der Waals surface area contributed by atoms with Gasteiger partial charge in [0.2, 0.25) is 11.5 Å². The van der Waals surface area contributed by atoms with Gasteiger partial charge in [-0.05, 0) is 19.3 Å². The molecule has 0 saturated heterocycles. The molecule has 0 aliphatic rings. The van der Waals surface area contributed by atoms with Gasteiger partial charge >= 0.3 is 0 Å². The number of unbranched alkanes of at least 4 members (excludes halogenated alkanes) is 2. The number of amides is 2. The summed E-state index contributed by atoms with van der Waals surface area (Å²) in [4.78, 5) is 39.0. The van der Waals surface area contributed by atoms with E-state index < -0.39 is 23.6 Å². The maximum absolute atomic E-state index is 12.3. The Kier molecular flexibility index (Phi) is 6.75. The minimum atomic E-state index is -1.07. The summed E-state index contributed by atoms with van der Waals surface area (Å²) in [6.07, 6.45) is 3.90. The van der Waals surface area contributed by atoms with Gasteiger partial charge < -0.3 is 15.5 Å². The maximum Gasteiger partial charge on any atom is 0.289 e. The molecule has 0 saturated carbocycles. The Balaban J connectivity index is 2.83. The second-order valence-electron chi connectivity index (χ2n) is 5.13. The molecule has 1 heterocycles. The molecule has 2 amide bonds. The van der Waals surface area contributed by atoms with Gasteiger partial charge in [0.1, 0.15) is 0 Å². The molecule has 1 atom stereocenters. The normalized spacial score (nSPS) is 12.0. The molecule has 1 aromatic rings. The molecule has 0 aliphatic heterocycles. The van der Waals surface area contributed by atoms with Crippen LogP contribution in [-0.4, -0.2) is 28.6 Å². The molecular formula is C15H23N3O4. The van der Waals surface area contributed by atoms with Crippen LogP contribution < -0.4 is 11.1 Å². The monoisotopic (exact) mass is 309 g/mol. The molecule has 0 radical (unpaired) electrons. The van der Waals surface area contributed by atoms with Crippen LogP contribution in [0.25, 0.3) is 0 Å². The third-order valence-corrected chi connectivity index (χ3v) is 3.30. The van der Waals surface area contributed by atoms with E-state index in [2.05, 4.69) is 17.2 Å². The van der Waals surface area contributed by atoms with Gasteiger partial charge in [-0.3, -0.25) is 14.4 Å². The fraction of sp³-hybridized carbons (Fsp3) is 0.600. The lowest BCUT2D eigenvalue weighted by molar-refractivity contribution is -0.137. The van der Waals surface area contributed by atoms with Crippen molar-refractivity contribution in [2.24, 2.45) is 5.73 Å². The topological polar surface area (TPSA) is 115 Å². The van der Waals surface area contributed by atoms with Crippen LogP contribution in [0.5, 0.6) is 0 Å². The van der Waals surface area contributed by atoms with Gasteiger partial charge in [-0.25, -0.2) is 4.98 Å². The smallest absolute Gasteiger partial charge is 0.289 e. The minimum Gasteiger partial charge on any atom is -0.436 e. The first-order chi connectivity index (χ1) is 10.4. The van der Waals surface area contributed by atoms with Crippen LogP contribution >= 0.6 is 0 Å². The van der Waals surface area contributed by atoms with Gasteiger partial charge in [-0.2, -0.15) is 0 Å². The van der Waals surface area contributed by atoms with Crippen molar-refractivity contribution in [3.8, 4) is 0 Å². The Morgan fingerprint density at radius 2 is 1.95 bits per heavy atom. The van der Waals surface area contributed by atoms with Crippen LogP contribution in [0.15, 0.2) is 4.42 Å². The highest BCUT2D eigenvalue weighted by Gasteiger charge is 2.26. The first-order valence-corrected chi connectivity index (χ1v) is 7.51. The van der Waals surface area contributed by atoms with Crippen molar-refractivity contribution in [3.63, 3.8) is 0 Å². The van der Waals surface area contributed by atoms with Crippen LogP contribution in [0.1, 0.15) is 61.7 Å². The number of hydrogen-bond donors (Lipinski definition) is 2. The molecule has 22 heavy (non-hydrogen) atoms. The van der Waals surface area contributed by atoms with Crippen LogP contribution in [0.2, 0.25) is 0 Å². The number of rotatable bonds is 9. The SMILES string of the molecule is CCCCCc1nc(C)oc1C(=O)N[C@@H](CC)C(=O)C(N)=O. The molecule has 0 spiro atoms. The number of aromatic nitrogens is 1. The highest BCUT2D eigenvalue weighted by Crippen LogP contribution is 2.14. The molecule has 1 rings (SSSR count). The Morgan fingerprint density at radius 1 is 1.27 bits per heavy atom. The maximum atomic E-state index is 12.3. The lowest BCUT2D eigenvalue weighted by Gasteiger charge is -2.13. The van der Waals surface area contributed by atoms with Crippen molar-refractivity contribution in [2.75, 3.05) is 0 Å². The van der Waals surface area contributed by atoms with E-state index in [-0.39, 0.29) is 12.2 Å². The summed E-state index contributed by atoms with van der Waals surface area (Å²) < 4.78 is 5.34. The van der Waals surface area contributed by atoms with Gasteiger partial charge in [0.25, 0.3) is 11.8 Å². The molecule has 0 bridgehead atoms. The van der Waals surface area contributed by atoms with E-state index in [1.54, 1.807) is 13.8 Å². The highest BCUT2D eigenvalue weighted by molar-refractivity contribution is 6.37. The summed E-state index contributed by atoms with van der Waals surface area (Å²) in [7, 11) is 0. The fourth-order valence-electron chi connectivity index (χ4n) is 2.11. The molecule has 0 unspecified atom stereocenters. The number of primary amides is 1. The second kappa shape index (κ2) is 8.31. The molecule has 7 heteroatoms. The zero-order chi connectivity index (χ0) is 16.7. The number of carbonyl (C=O) groups excluding carboxylic acids is 3. The van der Waals surface area contributed by atoms with Gasteiger partial charge in [-0.15, -0.1) is 0 Å². The number of nitrogens with one attached hydrogen (secondary N) is 1. The molecule has 0 aromatic carbocycles. The van der Waals surface area contributed by atoms with E-state index in [0.29, 0.717) is 18.0 Å². The van der Waals surface area contributed by atoms with E-state index >= 15 is 0 Å². The standard InChI is InChI=1S/C15H23N3O4/c1-4-6-7-8-11-13(22-9(3)17-11)15(21)18-10(5-2)12(19)14(16)20/h10H,4-8H2,1-3H3,(H2,16,20)(H,18,21)/t10-/m0/s1. The number of carbonyl (C=O) groups is 3. The largest absolute Gasteiger partial charge is 0.436 e. The average molecular weight is 309 g/mol. The number of Topliss-reactive ketones (excluding diaryl/α,β-unsaturated/α-hetero) is 1. The summed E-state index contributed by atoms with van der Waals surface area (Å²) in [5.74, 6) is -1.94. The number of aryl methyl sites for hydroxylation is 2. The minimum absolute atomic E-state index is 0.101. The first kappa shape index (κ1) is 17.9. The summed E-state index contributed by atoms with van der Waals surface area (Å²) in [6.45, 7) is 5.43. The Bertz CT molecular complexity index is 551. The predicted octanol–water partition coefficient (Wildman–Crippen LogP) is 1.28. The van der Waals surface area contributed by atoms with Crippen molar-refractivity contribution in [2.45, 2.75) is 58.9 Å². The zero-order valence-electron chi connectivity index (χ0n) is 13.3. The number of hydrogen-bond acceptors (Lipinski definition) is 5. The van der Waals surface area contributed by atoms with E-state index in [4.69, 9.17) is 10.2 Å². The molecule has 122 valence electrons.